The van der Waals surface area contributed by atoms with Gasteiger partial charge >= 0.3 is 0 Å². The second-order valence-electron chi connectivity index (χ2n) is 1.87. The molecule has 1 aromatic rings. The average Bonchev–Trinajstić information content (AvgIpc) is 1.83. The molecule has 1 heterocycles. The smallest absolute Gasteiger partial charge is 0.219 e. The molecule has 48 valence electrons. The molecule has 0 aliphatic rings. The first-order chi connectivity index (χ1) is 4.22. The zero-order chi connectivity index (χ0) is 6.85. The van der Waals surface area contributed by atoms with Gasteiger partial charge in [0, 0.05) is 11.3 Å². The number of aryl methyl sites for hydroxylation is 1. The molecule has 0 aliphatic carbocycles. The topological polar surface area (TPSA) is 25.8 Å². The third-order valence-corrected chi connectivity index (χ3v) is 1.27. The zero-order valence-electron chi connectivity index (χ0n) is 5.35. The van der Waals surface area contributed by atoms with E-state index in [0.29, 0.717) is 11.3 Å². The molecular weight excluding hydrogens is 119 g/mol. The first-order valence-electron chi connectivity index (χ1n) is 2.65. The molecule has 0 atom stereocenters. The minimum atomic E-state index is -0.428. The van der Waals surface area contributed by atoms with E-state index >= 15 is 0 Å². The van der Waals surface area contributed by atoms with Gasteiger partial charge in [-0.1, -0.05) is 0 Å². The normalized spacial score (nSPS) is 9.67. The molecule has 9 heavy (non-hydrogen) atoms. The Morgan fingerprint density at radius 1 is 1.33 bits per heavy atom. The van der Waals surface area contributed by atoms with E-state index in [1.165, 1.54) is 6.33 Å². The van der Waals surface area contributed by atoms with Gasteiger partial charge in [-0.05, 0) is 13.8 Å². The molecule has 0 saturated heterocycles. The molecule has 0 aliphatic heterocycles. The summed E-state index contributed by atoms with van der Waals surface area (Å²) in [6, 6.07) is 0. The van der Waals surface area contributed by atoms with Gasteiger partial charge < -0.3 is 0 Å². The van der Waals surface area contributed by atoms with Gasteiger partial charge in [-0.15, -0.1) is 0 Å². The van der Waals surface area contributed by atoms with E-state index in [0.717, 1.165) is 0 Å². The number of nitrogens with zero attached hydrogens (tertiary/aromatic N) is 2. The van der Waals surface area contributed by atoms with E-state index in [-0.39, 0.29) is 0 Å². The Morgan fingerprint density at radius 2 is 2.00 bits per heavy atom. The first kappa shape index (κ1) is 6.13. The van der Waals surface area contributed by atoms with Crippen molar-refractivity contribution in [1.29, 1.82) is 0 Å². The Balaban J connectivity index is 3.25. The molecule has 3 heteroatoms. The fraction of sp³-hybridized carbons (Fsp3) is 0.333. The fourth-order valence-electron chi connectivity index (χ4n) is 0.509. The van der Waals surface area contributed by atoms with Gasteiger partial charge in [-0.25, -0.2) is 9.97 Å². The SMILES string of the molecule is Cc1ncnc(F)c1C. The standard InChI is InChI=1S/C6H7FN2/c1-4-5(2)8-3-9-6(4)7/h3H,1-2H3. The minimum Gasteiger partial charge on any atom is -0.241 e. The lowest BCUT2D eigenvalue weighted by Crippen LogP contribution is -1.93. The van der Waals surface area contributed by atoms with Gasteiger partial charge in [0.05, 0.1) is 0 Å². The quantitative estimate of drug-likeness (QED) is 0.488. The highest BCUT2D eigenvalue weighted by atomic mass is 19.1. The lowest BCUT2D eigenvalue weighted by molar-refractivity contribution is 0.567. The van der Waals surface area contributed by atoms with Crippen LogP contribution in [0.15, 0.2) is 6.33 Å². The fourth-order valence-corrected chi connectivity index (χ4v) is 0.509. The summed E-state index contributed by atoms with van der Waals surface area (Å²) in [7, 11) is 0. The molecule has 1 rings (SSSR count). The lowest BCUT2D eigenvalue weighted by atomic mass is 10.3. The van der Waals surface area contributed by atoms with Gasteiger partial charge in [-0.3, -0.25) is 0 Å². The molecule has 0 bridgehead atoms. The van der Waals surface area contributed by atoms with Crippen molar-refractivity contribution in [2.45, 2.75) is 13.8 Å². The van der Waals surface area contributed by atoms with Crippen LogP contribution in [0.2, 0.25) is 0 Å². The Labute approximate surface area is 52.8 Å². The van der Waals surface area contributed by atoms with Crippen LogP contribution in [0.1, 0.15) is 11.3 Å². The van der Waals surface area contributed by atoms with Gasteiger partial charge in [0.2, 0.25) is 5.95 Å². The molecule has 0 N–H and O–H groups in total. The maximum absolute atomic E-state index is 12.4. The van der Waals surface area contributed by atoms with Crippen LogP contribution < -0.4 is 0 Å². The highest BCUT2D eigenvalue weighted by Crippen LogP contribution is 2.03. The van der Waals surface area contributed by atoms with Crippen LogP contribution in [0.3, 0.4) is 0 Å². The Bertz CT molecular complexity index is 202. The van der Waals surface area contributed by atoms with E-state index in [1.807, 2.05) is 0 Å². The summed E-state index contributed by atoms with van der Waals surface area (Å²) in [5, 5.41) is 0. The summed E-state index contributed by atoms with van der Waals surface area (Å²) in [5.41, 5.74) is 1.22. The molecule has 0 radical (unpaired) electrons. The van der Waals surface area contributed by atoms with Crippen LogP contribution in [-0.4, -0.2) is 9.97 Å². The van der Waals surface area contributed by atoms with Crippen LogP contribution in [0, 0.1) is 19.8 Å². The van der Waals surface area contributed by atoms with Crippen molar-refractivity contribution in [3.05, 3.63) is 23.5 Å². The van der Waals surface area contributed by atoms with Crippen molar-refractivity contribution in [1.82, 2.24) is 9.97 Å². The van der Waals surface area contributed by atoms with E-state index in [9.17, 15) is 4.39 Å². The lowest BCUT2D eigenvalue weighted by Gasteiger charge is -1.95. The monoisotopic (exact) mass is 126 g/mol. The highest BCUT2D eigenvalue weighted by Gasteiger charge is 1.98. The van der Waals surface area contributed by atoms with Crippen molar-refractivity contribution >= 4 is 0 Å². The van der Waals surface area contributed by atoms with Gasteiger partial charge in [-0.2, -0.15) is 4.39 Å². The van der Waals surface area contributed by atoms with Crippen LogP contribution in [-0.2, 0) is 0 Å². The zero-order valence-corrected chi connectivity index (χ0v) is 5.35. The van der Waals surface area contributed by atoms with Gasteiger partial charge in [0.25, 0.3) is 0 Å². The summed E-state index contributed by atoms with van der Waals surface area (Å²) < 4.78 is 12.4. The summed E-state index contributed by atoms with van der Waals surface area (Å²) in [6.07, 6.45) is 1.22. The third-order valence-electron chi connectivity index (χ3n) is 1.27. The number of rotatable bonds is 0. The first-order valence-corrected chi connectivity index (χ1v) is 2.65. The minimum absolute atomic E-state index is 0.428. The second kappa shape index (κ2) is 2.09. The molecule has 1 aromatic heterocycles. The van der Waals surface area contributed by atoms with Crippen LogP contribution >= 0.6 is 0 Å². The van der Waals surface area contributed by atoms with Crippen molar-refractivity contribution < 1.29 is 4.39 Å². The third kappa shape index (κ3) is 1.04. The number of hydrogen-bond donors (Lipinski definition) is 0. The van der Waals surface area contributed by atoms with E-state index < -0.39 is 5.95 Å². The molecular formula is C6H7FN2. The molecule has 2 nitrogen and oxygen atoms in total. The van der Waals surface area contributed by atoms with E-state index in [2.05, 4.69) is 9.97 Å². The Hall–Kier alpha value is -0.990. The van der Waals surface area contributed by atoms with Crippen molar-refractivity contribution in [3.8, 4) is 0 Å². The molecule has 0 unspecified atom stereocenters. The van der Waals surface area contributed by atoms with Crippen LogP contribution in [0.4, 0.5) is 4.39 Å². The predicted octanol–water partition coefficient (Wildman–Crippen LogP) is 1.23. The largest absolute Gasteiger partial charge is 0.241 e. The summed E-state index contributed by atoms with van der Waals surface area (Å²) >= 11 is 0. The van der Waals surface area contributed by atoms with Gasteiger partial charge in [0.15, 0.2) is 0 Å². The second-order valence-corrected chi connectivity index (χ2v) is 1.87. The number of halogens is 1. The van der Waals surface area contributed by atoms with E-state index in [1.54, 1.807) is 13.8 Å². The Kier molecular flexibility index (Phi) is 1.42. The van der Waals surface area contributed by atoms with Crippen molar-refractivity contribution in [3.63, 3.8) is 0 Å². The molecule has 0 aromatic carbocycles. The molecule has 0 fully saturated rings. The molecule has 0 spiro atoms. The number of hydrogen-bond acceptors (Lipinski definition) is 2. The average molecular weight is 126 g/mol. The van der Waals surface area contributed by atoms with Crippen LogP contribution in [0.25, 0.3) is 0 Å². The Morgan fingerprint density at radius 3 is 2.44 bits per heavy atom. The van der Waals surface area contributed by atoms with Crippen molar-refractivity contribution in [2.24, 2.45) is 0 Å². The summed E-state index contributed by atoms with van der Waals surface area (Å²) in [6.45, 7) is 3.41. The highest BCUT2D eigenvalue weighted by molar-refractivity contribution is 5.12. The maximum Gasteiger partial charge on any atom is 0.219 e. The van der Waals surface area contributed by atoms with Gasteiger partial charge in [0.1, 0.15) is 6.33 Å². The van der Waals surface area contributed by atoms with E-state index in [4.69, 9.17) is 0 Å². The molecule has 0 amide bonds. The summed E-state index contributed by atoms with van der Waals surface area (Å²) in [4.78, 5) is 7.15. The number of aromatic nitrogens is 2. The predicted molar refractivity (Wildman–Crippen MR) is 31.5 cm³/mol. The van der Waals surface area contributed by atoms with Crippen molar-refractivity contribution in [2.75, 3.05) is 0 Å². The van der Waals surface area contributed by atoms with Crippen LogP contribution in [0.5, 0.6) is 0 Å². The summed E-state index contributed by atoms with van der Waals surface area (Å²) in [5.74, 6) is -0.428. The molecule has 0 saturated carbocycles. The maximum atomic E-state index is 12.4.